The molecule has 0 heterocycles. The monoisotopic (exact) mass is 320 g/mol. The Kier molecular flexibility index (Phi) is 4.60. The number of hydrogen-bond acceptors (Lipinski definition) is 2. The van der Waals surface area contributed by atoms with Crippen LogP contribution < -0.4 is 10.6 Å². The second-order valence-electron chi connectivity index (χ2n) is 5.42. The molecule has 0 bridgehead atoms. The topological polar surface area (TPSA) is 61.4 Å². The second-order valence-corrected chi connectivity index (χ2v) is 5.42. The van der Waals surface area contributed by atoms with Crippen LogP contribution >= 0.6 is 0 Å². The quantitative estimate of drug-likeness (QED) is 0.749. The molecule has 4 nitrogen and oxygen atoms in total. The Balaban J connectivity index is 2.11. The number of alkyl halides is 3. The Morgan fingerprint density at radius 3 is 2.45 bits per heavy atom. The zero-order valence-electron chi connectivity index (χ0n) is 11.6. The maximum Gasteiger partial charge on any atom is 0.416 e. The maximum atomic E-state index is 13.5. The summed E-state index contributed by atoms with van der Waals surface area (Å²) in [5, 5.41) is 14.0. The number of aliphatic hydroxyl groups excluding tert-OH is 1. The predicted octanol–water partition coefficient (Wildman–Crippen LogP) is 3.27. The van der Waals surface area contributed by atoms with Crippen molar-refractivity contribution in [3.63, 3.8) is 0 Å². The number of urea groups is 1. The number of halogens is 4. The molecule has 22 heavy (non-hydrogen) atoms. The van der Waals surface area contributed by atoms with Crippen LogP contribution in [0.15, 0.2) is 18.2 Å². The zero-order valence-corrected chi connectivity index (χ0v) is 11.6. The van der Waals surface area contributed by atoms with Crippen molar-refractivity contribution >= 4 is 11.7 Å². The van der Waals surface area contributed by atoms with Gasteiger partial charge in [-0.15, -0.1) is 0 Å². The molecule has 1 fully saturated rings. The lowest BCUT2D eigenvalue weighted by Gasteiger charge is -2.28. The van der Waals surface area contributed by atoms with Gasteiger partial charge in [0.25, 0.3) is 0 Å². The van der Waals surface area contributed by atoms with Gasteiger partial charge in [0, 0.05) is 0 Å². The Morgan fingerprint density at radius 2 is 1.91 bits per heavy atom. The fourth-order valence-corrected chi connectivity index (χ4v) is 2.57. The molecular formula is C14H16F4N2O2. The van der Waals surface area contributed by atoms with Gasteiger partial charge in [-0.05, 0) is 31.0 Å². The normalized spacial score (nSPS) is 17.3. The first-order chi connectivity index (χ1) is 10.3. The number of carbonyl (C=O) groups is 1. The highest BCUT2D eigenvalue weighted by molar-refractivity contribution is 5.90. The molecule has 2 amide bonds. The summed E-state index contributed by atoms with van der Waals surface area (Å²) in [5.41, 5.74) is -2.40. The molecule has 0 unspecified atom stereocenters. The SMILES string of the molecule is O=C(Nc1cc(C(F)(F)F)ccc1F)NC1(CO)CCCC1. The van der Waals surface area contributed by atoms with Gasteiger partial charge in [-0.2, -0.15) is 13.2 Å². The number of benzene rings is 1. The summed E-state index contributed by atoms with van der Waals surface area (Å²) in [4.78, 5) is 11.9. The second kappa shape index (κ2) is 6.12. The lowest BCUT2D eigenvalue weighted by molar-refractivity contribution is -0.137. The number of carbonyl (C=O) groups excluding carboxylic acids is 1. The summed E-state index contributed by atoms with van der Waals surface area (Å²) >= 11 is 0. The van der Waals surface area contributed by atoms with Crippen molar-refractivity contribution < 1.29 is 27.5 Å². The van der Waals surface area contributed by atoms with Crippen molar-refractivity contribution in [1.82, 2.24) is 5.32 Å². The Bertz CT molecular complexity index is 554. The largest absolute Gasteiger partial charge is 0.416 e. The third kappa shape index (κ3) is 3.68. The van der Waals surface area contributed by atoms with Crippen LogP contribution in [0.2, 0.25) is 0 Å². The number of anilines is 1. The minimum Gasteiger partial charge on any atom is -0.394 e. The molecule has 1 saturated carbocycles. The lowest BCUT2D eigenvalue weighted by atomic mass is 9.99. The smallest absolute Gasteiger partial charge is 0.394 e. The average molecular weight is 320 g/mol. The van der Waals surface area contributed by atoms with E-state index < -0.39 is 34.8 Å². The van der Waals surface area contributed by atoms with E-state index in [0.717, 1.165) is 12.8 Å². The van der Waals surface area contributed by atoms with Crippen molar-refractivity contribution in [1.29, 1.82) is 0 Å². The van der Waals surface area contributed by atoms with Gasteiger partial charge in [-0.25, -0.2) is 9.18 Å². The molecule has 1 aliphatic carbocycles. The van der Waals surface area contributed by atoms with Gasteiger partial charge in [0.15, 0.2) is 0 Å². The van der Waals surface area contributed by atoms with Crippen LogP contribution in [-0.4, -0.2) is 23.3 Å². The van der Waals surface area contributed by atoms with Gasteiger partial charge in [-0.1, -0.05) is 12.8 Å². The molecule has 0 radical (unpaired) electrons. The minimum atomic E-state index is -4.63. The number of amides is 2. The fourth-order valence-electron chi connectivity index (χ4n) is 2.57. The summed E-state index contributed by atoms with van der Waals surface area (Å²) in [6.07, 6.45) is -1.82. The van der Waals surface area contributed by atoms with Crippen molar-refractivity contribution in [3.05, 3.63) is 29.6 Å². The van der Waals surface area contributed by atoms with E-state index >= 15 is 0 Å². The van der Waals surface area contributed by atoms with Gasteiger partial charge in [-0.3, -0.25) is 0 Å². The zero-order chi connectivity index (χ0) is 16.4. The Hall–Kier alpha value is -1.83. The summed E-state index contributed by atoms with van der Waals surface area (Å²) in [6.45, 7) is -0.272. The highest BCUT2D eigenvalue weighted by Gasteiger charge is 2.35. The Labute approximate surface area is 124 Å². The van der Waals surface area contributed by atoms with E-state index in [0.29, 0.717) is 31.0 Å². The van der Waals surface area contributed by atoms with Crippen LogP contribution in [0.4, 0.5) is 28.0 Å². The van der Waals surface area contributed by atoms with E-state index in [-0.39, 0.29) is 6.61 Å². The van der Waals surface area contributed by atoms with Crippen LogP contribution in [-0.2, 0) is 6.18 Å². The standard InChI is InChI=1S/C14H16F4N2O2/c15-10-4-3-9(14(16,17)18)7-11(10)19-12(22)20-13(8-21)5-1-2-6-13/h3-4,7,21H,1-2,5-6,8H2,(H2,19,20,22). The summed E-state index contributed by atoms with van der Waals surface area (Å²) in [7, 11) is 0. The molecule has 1 aromatic rings. The molecule has 1 aliphatic rings. The maximum absolute atomic E-state index is 13.5. The average Bonchev–Trinajstić information content (AvgIpc) is 2.89. The van der Waals surface area contributed by atoms with Crippen LogP contribution in [0.3, 0.4) is 0 Å². The number of nitrogens with one attached hydrogen (secondary N) is 2. The van der Waals surface area contributed by atoms with E-state index in [4.69, 9.17) is 0 Å². The van der Waals surface area contributed by atoms with E-state index in [1.807, 2.05) is 0 Å². The minimum absolute atomic E-state index is 0.272. The van der Waals surface area contributed by atoms with Crippen molar-refractivity contribution in [2.24, 2.45) is 0 Å². The van der Waals surface area contributed by atoms with Crippen molar-refractivity contribution in [2.75, 3.05) is 11.9 Å². The van der Waals surface area contributed by atoms with Gasteiger partial charge in [0.05, 0.1) is 23.4 Å². The molecule has 0 spiro atoms. The molecule has 0 saturated heterocycles. The molecule has 0 aliphatic heterocycles. The van der Waals surface area contributed by atoms with Gasteiger partial charge in [0.2, 0.25) is 0 Å². The molecule has 0 aromatic heterocycles. The number of hydrogen-bond donors (Lipinski definition) is 3. The first-order valence-electron chi connectivity index (χ1n) is 6.82. The van der Waals surface area contributed by atoms with Crippen LogP contribution in [0.5, 0.6) is 0 Å². The van der Waals surface area contributed by atoms with Gasteiger partial charge >= 0.3 is 12.2 Å². The van der Waals surface area contributed by atoms with Crippen molar-refractivity contribution in [3.8, 4) is 0 Å². The highest BCUT2D eigenvalue weighted by atomic mass is 19.4. The molecule has 1 aromatic carbocycles. The molecule has 8 heteroatoms. The Morgan fingerprint density at radius 1 is 1.27 bits per heavy atom. The molecule has 2 rings (SSSR count). The number of rotatable bonds is 3. The summed E-state index contributed by atoms with van der Waals surface area (Å²) < 4.78 is 51.3. The van der Waals surface area contributed by atoms with E-state index in [1.165, 1.54) is 0 Å². The predicted molar refractivity (Wildman–Crippen MR) is 71.8 cm³/mol. The summed E-state index contributed by atoms with van der Waals surface area (Å²) in [6, 6.07) is 0.949. The van der Waals surface area contributed by atoms with Crippen LogP contribution in [0.1, 0.15) is 31.2 Å². The van der Waals surface area contributed by atoms with E-state index in [9.17, 15) is 27.5 Å². The van der Waals surface area contributed by atoms with E-state index in [1.54, 1.807) is 0 Å². The number of aliphatic hydroxyl groups is 1. The third-order valence-electron chi connectivity index (χ3n) is 3.78. The van der Waals surface area contributed by atoms with Crippen LogP contribution in [0, 0.1) is 5.82 Å². The first-order valence-corrected chi connectivity index (χ1v) is 6.82. The molecule has 3 N–H and O–H groups in total. The lowest BCUT2D eigenvalue weighted by Crippen LogP contribution is -2.50. The molecule has 0 atom stereocenters. The highest BCUT2D eigenvalue weighted by Crippen LogP contribution is 2.32. The van der Waals surface area contributed by atoms with E-state index in [2.05, 4.69) is 10.6 Å². The molecular weight excluding hydrogens is 304 g/mol. The molecule has 122 valence electrons. The summed E-state index contributed by atoms with van der Waals surface area (Å²) in [5.74, 6) is -0.965. The van der Waals surface area contributed by atoms with Crippen LogP contribution in [0.25, 0.3) is 0 Å². The third-order valence-corrected chi connectivity index (χ3v) is 3.78. The first kappa shape index (κ1) is 16.5. The van der Waals surface area contributed by atoms with Gasteiger partial charge in [0.1, 0.15) is 5.82 Å². The van der Waals surface area contributed by atoms with Crippen molar-refractivity contribution in [2.45, 2.75) is 37.4 Å². The fraction of sp³-hybridized carbons (Fsp3) is 0.500. The van der Waals surface area contributed by atoms with Gasteiger partial charge < -0.3 is 15.7 Å².